The lowest BCUT2D eigenvalue weighted by atomic mass is 10.0. The summed E-state index contributed by atoms with van der Waals surface area (Å²) in [5.74, 6) is -1.25. The minimum Gasteiger partial charge on any atom is -0.488 e. The molecule has 1 amide bonds. The zero-order chi connectivity index (χ0) is 25.6. The molecule has 7 nitrogen and oxygen atoms in total. The third-order valence-electron chi connectivity index (χ3n) is 5.85. The van der Waals surface area contributed by atoms with E-state index in [1.807, 2.05) is 66.7 Å². The number of benzene rings is 4. The van der Waals surface area contributed by atoms with Crippen LogP contribution in [0.4, 0.5) is 5.69 Å². The van der Waals surface area contributed by atoms with Gasteiger partial charge in [0.25, 0.3) is 5.91 Å². The Labute approximate surface area is 213 Å². The van der Waals surface area contributed by atoms with Gasteiger partial charge >= 0.3 is 5.97 Å². The number of carboxylic acids is 1. The highest BCUT2D eigenvalue weighted by molar-refractivity contribution is 6.09. The molecular formula is C30H23N3O4. The first-order valence-electron chi connectivity index (χ1n) is 11.6. The predicted molar refractivity (Wildman–Crippen MR) is 141 cm³/mol. The summed E-state index contributed by atoms with van der Waals surface area (Å²) in [6.07, 6.45) is 5.05. The van der Waals surface area contributed by atoms with Crippen LogP contribution in [0.3, 0.4) is 0 Å². The Kier molecular flexibility index (Phi) is 6.76. The molecule has 1 heterocycles. The number of rotatable bonds is 8. The Morgan fingerprint density at radius 2 is 1.59 bits per heavy atom. The summed E-state index contributed by atoms with van der Waals surface area (Å²) < 4.78 is 7.80. The van der Waals surface area contributed by atoms with Gasteiger partial charge in [0.2, 0.25) is 0 Å². The number of carbonyl (C=O) groups excluding carboxylic acids is 1. The van der Waals surface area contributed by atoms with Gasteiger partial charge in [-0.25, -0.2) is 9.78 Å². The highest BCUT2D eigenvalue weighted by Crippen LogP contribution is 2.29. The zero-order valence-corrected chi connectivity index (χ0v) is 19.7. The van der Waals surface area contributed by atoms with Gasteiger partial charge in [0, 0.05) is 18.1 Å². The summed E-state index contributed by atoms with van der Waals surface area (Å²) in [6.45, 7) is 0.273. The monoisotopic (exact) mass is 489 g/mol. The van der Waals surface area contributed by atoms with Crippen molar-refractivity contribution in [1.29, 1.82) is 0 Å². The molecule has 1 aromatic heterocycles. The fraction of sp³-hybridized carbons (Fsp3) is 0.0333. The maximum absolute atomic E-state index is 13.6. The Morgan fingerprint density at radius 1 is 0.838 bits per heavy atom. The molecule has 0 bridgehead atoms. The molecule has 0 spiro atoms. The molecule has 0 fully saturated rings. The van der Waals surface area contributed by atoms with Crippen molar-refractivity contribution >= 4 is 17.6 Å². The molecule has 4 aromatic carbocycles. The lowest BCUT2D eigenvalue weighted by molar-refractivity contribution is 0.0698. The van der Waals surface area contributed by atoms with E-state index in [2.05, 4.69) is 10.3 Å². The first-order chi connectivity index (χ1) is 18.1. The van der Waals surface area contributed by atoms with E-state index in [0.29, 0.717) is 11.4 Å². The fourth-order valence-electron chi connectivity index (χ4n) is 3.96. The molecule has 0 saturated heterocycles. The van der Waals surface area contributed by atoms with Crippen molar-refractivity contribution in [3.63, 3.8) is 0 Å². The Bertz CT molecular complexity index is 1530. The van der Waals surface area contributed by atoms with Gasteiger partial charge in [-0.15, -0.1) is 0 Å². The van der Waals surface area contributed by atoms with E-state index in [-0.39, 0.29) is 23.4 Å². The molecule has 0 aliphatic heterocycles. The van der Waals surface area contributed by atoms with Gasteiger partial charge in [-0.1, -0.05) is 66.7 Å². The van der Waals surface area contributed by atoms with Gasteiger partial charge in [0.05, 0.1) is 23.1 Å². The van der Waals surface area contributed by atoms with Crippen LogP contribution in [-0.4, -0.2) is 26.5 Å². The van der Waals surface area contributed by atoms with E-state index >= 15 is 0 Å². The molecular weight excluding hydrogens is 466 g/mol. The SMILES string of the molecule is O=C(O)c1ccc(-c2ccccc2)cc1NC(=O)c1cc(-n2ccnc2)ccc1OCc1ccccc1. The molecule has 0 aliphatic carbocycles. The van der Waals surface area contributed by atoms with Crippen LogP contribution in [0.2, 0.25) is 0 Å². The maximum atomic E-state index is 13.6. The largest absolute Gasteiger partial charge is 0.488 e. The zero-order valence-electron chi connectivity index (χ0n) is 19.7. The minimum atomic E-state index is -1.14. The van der Waals surface area contributed by atoms with Gasteiger partial charge < -0.3 is 19.7 Å². The second kappa shape index (κ2) is 10.6. The third kappa shape index (κ3) is 5.41. The van der Waals surface area contributed by atoms with Crippen molar-refractivity contribution in [2.24, 2.45) is 0 Å². The molecule has 182 valence electrons. The number of amides is 1. The summed E-state index contributed by atoms with van der Waals surface area (Å²) >= 11 is 0. The number of hydrogen-bond acceptors (Lipinski definition) is 4. The number of carboxylic acid groups (broad SMARTS) is 1. The van der Waals surface area contributed by atoms with E-state index in [1.54, 1.807) is 47.6 Å². The summed E-state index contributed by atoms with van der Waals surface area (Å²) in [4.78, 5) is 29.6. The standard InChI is InChI=1S/C30H23N3O4/c34-29(32-27-17-23(11-13-25(27)30(35)36)22-9-5-2-6-10-22)26-18-24(33-16-15-31-20-33)12-14-28(26)37-19-21-7-3-1-4-8-21/h1-18,20H,19H2,(H,32,34)(H,35,36). The summed E-state index contributed by atoms with van der Waals surface area (Å²) in [5, 5.41) is 12.6. The molecule has 37 heavy (non-hydrogen) atoms. The lowest BCUT2D eigenvalue weighted by Crippen LogP contribution is -2.17. The number of aromatic nitrogens is 2. The second-order valence-corrected chi connectivity index (χ2v) is 8.31. The maximum Gasteiger partial charge on any atom is 0.337 e. The quantitative estimate of drug-likeness (QED) is 0.276. The van der Waals surface area contributed by atoms with Crippen molar-refractivity contribution in [1.82, 2.24) is 9.55 Å². The number of aromatic carboxylic acids is 1. The van der Waals surface area contributed by atoms with Crippen LogP contribution < -0.4 is 10.1 Å². The minimum absolute atomic E-state index is 0.00875. The molecule has 0 aliphatic rings. The van der Waals surface area contributed by atoms with Gasteiger partial charge in [0.15, 0.2) is 0 Å². The third-order valence-corrected chi connectivity index (χ3v) is 5.85. The number of nitrogens with one attached hydrogen (secondary N) is 1. The Balaban J connectivity index is 1.50. The van der Waals surface area contributed by atoms with E-state index in [4.69, 9.17) is 4.74 Å². The number of anilines is 1. The fourth-order valence-corrected chi connectivity index (χ4v) is 3.96. The van der Waals surface area contributed by atoms with Gasteiger partial charge in [0.1, 0.15) is 12.4 Å². The normalized spacial score (nSPS) is 10.6. The van der Waals surface area contributed by atoms with Crippen molar-refractivity contribution in [2.45, 2.75) is 6.61 Å². The molecule has 5 rings (SSSR count). The van der Waals surface area contributed by atoms with E-state index in [9.17, 15) is 14.7 Å². The Morgan fingerprint density at radius 3 is 2.30 bits per heavy atom. The van der Waals surface area contributed by atoms with Crippen LogP contribution in [0.15, 0.2) is 116 Å². The first kappa shape index (κ1) is 23.6. The van der Waals surface area contributed by atoms with Crippen LogP contribution in [0.25, 0.3) is 16.8 Å². The predicted octanol–water partition coefficient (Wildman–Crippen LogP) is 6.07. The molecule has 0 unspecified atom stereocenters. The lowest BCUT2D eigenvalue weighted by Gasteiger charge is -2.15. The van der Waals surface area contributed by atoms with Crippen LogP contribution in [0.5, 0.6) is 5.75 Å². The van der Waals surface area contributed by atoms with Crippen molar-refractivity contribution < 1.29 is 19.4 Å². The number of hydrogen-bond donors (Lipinski definition) is 2. The van der Waals surface area contributed by atoms with Gasteiger partial charge in [-0.2, -0.15) is 0 Å². The number of imidazole rings is 1. The van der Waals surface area contributed by atoms with E-state index in [0.717, 1.165) is 16.7 Å². The van der Waals surface area contributed by atoms with Gasteiger partial charge in [-0.05, 0) is 47.0 Å². The molecule has 5 aromatic rings. The molecule has 0 saturated carbocycles. The van der Waals surface area contributed by atoms with E-state index in [1.165, 1.54) is 6.07 Å². The topological polar surface area (TPSA) is 93.5 Å². The summed E-state index contributed by atoms with van der Waals surface area (Å²) in [5.41, 5.74) is 3.81. The highest BCUT2D eigenvalue weighted by atomic mass is 16.5. The first-order valence-corrected chi connectivity index (χ1v) is 11.6. The van der Waals surface area contributed by atoms with Crippen LogP contribution in [0, 0.1) is 0 Å². The summed E-state index contributed by atoms with van der Waals surface area (Å²) in [7, 11) is 0. The summed E-state index contributed by atoms with van der Waals surface area (Å²) in [6, 6.07) is 29.3. The number of ether oxygens (including phenoxy) is 1. The number of carbonyl (C=O) groups is 2. The molecule has 0 atom stereocenters. The van der Waals surface area contributed by atoms with Gasteiger partial charge in [-0.3, -0.25) is 4.79 Å². The smallest absolute Gasteiger partial charge is 0.337 e. The average Bonchev–Trinajstić information content (AvgIpc) is 3.48. The van der Waals surface area contributed by atoms with Crippen molar-refractivity contribution in [2.75, 3.05) is 5.32 Å². The second-order valence-electron chi connectivity index (χ2n) is 8.31. The van der Waals surface area contributed by atoms with Crippen LogP contribution >= 0.6 is 0 Å². The van der Waals surface area contributed by atoms with Crippen molar-refractivity contribution in [3.8, 4) is 22.6 Å². The Hall–Kier alpha value is -5.17. The molecule has 0 radical (unpaired) electrons. The van der Waals surface area contributed by atoms with Crippen molar-refractivity contribution in [3.05, 3.63) is 132 Å². The highest BCUT2D eigenvalue weighted by Gasteiger charge is 2.19. The molecule has 7 heteroatoms. The molecule has 2 N–H and O–H groups in total. The number of nitrogens with zero attached hydrogens (tertiary/aromatic N) is 2. The average molecular weight is 490 g/mol. The van der Waals surface area contributed by atoms with Crippen LogP contribution in [0.1, 0.15) is 26.3 Å². The van der Waals surface area contributed by atoms with E-state index < -0.39 is 11.9 Å². The van der Waals surface area contributed by atoms with Crippen LogP contribution in [-0.2, 0) is 6.61 Å².